The number of benzene rings is 2. The predicted molar refractivity (Wildman–Crippen MR) is 82.5 cm³/mol. The van der Waals surface area contributed by atoms with Gasteiger partial charge in [0, 0.05) is 20.9 Å². The van der Waals surface area contributed by atoms with Gasteiger partial charge in [0.15, 0.2) is 0 Å². The summed E-state index contributed by atoms with van der Waals surface area (Å²) in [6.07, 6.45) is -4.63. The van der Waals surface area contributed by atoms with Crippen LogP contribution < -0.4 is 4.74 Å². The van der Waals surface area contributed by atoms with Gasteiger partial charge in [0.05, 0.1) is 5.56 Å². The number of hydrogen-bond donors (Lipinski definition) is 0. The third-order valence-electron chi connectivity index (χ3n) is 2.93. The normalized spacial score (nSPS) is 11.5. The molecule has 2 rings (SSSR count). The van der Waals surface area contributed by atoms with Gasteiger partial charge in [0.2, 0.25) is 0 Å². The molecule has 0 aliphatic heterocycles. The van der Waals surface area contributed by atoms with Gasteiger partial charge < -0.3 is 4.74 Å². The second kappa shape index (κ2) is 7.00. The van der Waals surface area contributed by atoms with Gasteiger partial charge in [0.1, 0.15) is 18.2 Å². The third kappa shape index (κ3) is 4.23. The quantitative estimate of drug-likeness (QED) is 0.412. The summed E-state index contributed by atoms with van der Waals surface area (Å²) in [5.74, 6) is -0.460. The van der Waals surface area contributed by atoms with Crippen molar-refractivity contribution >= 4 is 31.9 Å². The van der Waals surface area contributed by atoms with Crippen LogP contribution >= 0.6 is 31.9 Å². The lowest BCUT2D eigenvalue weighted by atomic mass is 10.1. The zero-order chi connectivity index (χ0) is 16.3. The summed E-state index contributed by atoms with van der Waals surface area (Å²) >= 11 is 6.61. The minimum Gasteiger partial charge on any atom is -0.489 e. The SMILES string of the molecule is Fc1ccc(COc2ccc(Br)cc2CBr)c(C(F)(F)F)c1. The second-order valence-corrected chi connectivity index (χ2v) is 5.95. The maximum Gasteiger partial charge on any atom is 0.416 e. The van der Waals surface area contributed by atoms with Crippen molar-refractivity contribution in [3.63, 3.8) is 0 Å². The van der Waals surface area contributed by atoms with E-state index >= 15 is 0 Å². The molecule has 2 aromatic rings. The van der Waals surface area contributed by atoms with Crippen LogP contribution in [0.25, 0.3) is 0 Å². The van der Waals surface area contributed by atoms with E-state index in [-0.39, 0.29) is 12.2 Å². The maximum atomic E-state index is 13.1. The molecular weight excluding hydrogens is 432 g/mol. The summed E-state index contributed by atoms with van der Waals surface area (Å²) in [7, 11) is 0. The van der Waals surface area contributed by atoms with Crippen molar-refractivity contribution in [1.82, 2.24) is 0 Å². The fourth-order valence-corrected chi connectivity index (χ4v) is 2.73. The second-order valence-electron chi connectivity index (χ2n) is 4.47. The monoisotopic (exact) mass is 440 g/mol. The number of rotatable bonds is 4. The molecule has 0 N–H and O–H groups in total. The molecule has 118 valence electrons. The maximum absolute atomic E-state index is 13.1. The van der Waals surface area contributed by atoms with Gasteiger partial charge in [0.25, 0.3) is 0 Å². The molecule has 0 aromatic heterocycles. The lowest BCUT2D eigenvalue weighted by Gasteiger charge is -2.15. The summed E-state index contributed by atoms with van der Waals surface area (Å²) in [4.78, 5) is 0. The Morgan fingerprint density at radius 2 is 1.73 bits per heavy atom. The van der Waals surface area contributed by atoms with Crippen LogP contribution in [-0.2, 0) is 18.1 Å². The van der Waals surface area contributed by atoms with E-state index in [1.165, 1.54) is 0 Å². The van der Waals surface area contributed by atoms with Gasteiger partial charge in [-0.25, -0.2) is 4.39 Å². The van der Waals surface area contributed by atoms with Crippen LogP contribution in [0.5, 0.6) is 5.75 Å². The molecule has 0 spiro atoms. The number of hydrogen-bond acceptors (Lipinski definition) is 1. The Morgan fingerprint density at radius 3 is 2.36 bits per heavy atom. The van der Waals surface area contributed by atoms with E-state index < -0.39 is 17.6 Å². The molecule has 0 saturated heterocycles. The van der Waals surface area contributed by atoms with Crippen LogP contribution in [-0.4, -0.2) is 0 Å². The van der Waals surface area contributed by atoms with E-state index in [1.807, 2.05) is 0 Å². The molecule has 0 saturated carbocycles. The smallest absolute Gasteiger partial charge is 0.416 e. The van der Waals surface area contributed by atoms with Crippen molar-refractivity contribution in [2.45, 2.75) is 18.1 Å². The molecule has 0 amide bonds. The zero-order valence-corrected chi connectivity index (χ0v) is 14.2. The van der Waals surface area contributed by atoms with Crippen molar-refractivity contribution in [2.24, 2.45) is 0 Å². The van der Waals surface area contributed by atoms with Crippen molar-refractivity contribution in [1.29, 1.82) is 0 Å². The Morgan fingerprint density at radius 1 is 1.00 bits per heavy atom. The molecule has 0 bridgehead atoms. The highest BCUT2D eigenvalue weighted by atomic mass is 79.9. The summed E-state index contributed by atoms with van der Waals surface area (Å²) in [5, 5.41) is 0.497. The predicted octanol–water partition coefficient (Wildman–Crippen LogP) is 6.08. The van der Waals surface area contributed by atoms with Crippen molar-refractivity contribution < 1.29 is 22.3 Å². The Hall–Kier alpha value is -1.08. The molecule has 0 aliphatic rings. The van der Waals surface area contributed by atoms with Crippen molar-refractivity contribution in [2.75, 3.05) is 0 Å². The Balaban J connectivity index is 2.26. The molecule has 0 aliphatic carbocycles. The Labute approximate surface area is 141 Å². The summed E-state index contributed by atoms with van der Waals surface area (Å²) < 4.78 is 58.1. The summed E-state index contributed by atoms with van der Waals surface area (Å²) in [6, 6.07) is 7.76. The largest absolute Gasteiger partial charge is 0.489 e. The molecule has 1 nitrogen and oxygen atoms in total. The van der Waals surface area contributed by atoms with Gasteiger partial charge in [-0.05, 0) is 30.3 Å². The number of halogens is 6. The van der Waals surface area contributed by atoms with Crippen LogP contribution in [0.3, 0.4) is 0 Å². The van der Waals surface area contributed by atoms with Crippen LogP contribution in [0.2, 0.25) is 0 Å². The topological polar surface area (TPSA) is 9.23 Å². The standard InChI is InChI=1S/C15H10Br2F4O/c16-7-10-5-11(17)2-4-14(10)22-8-9-1-3-12(18)6-13(9)15(19,20)21/h1-6H,7-8H2. The van der Waals surface area contributed by atoms with E-state index in [0.29, 0.717) is 17.1 Å². The molecule has 2 aromatic carbocycles. The molecule has 0 fully saturated rings. The van der Waals surface area contributed by atoms with Crippen molar-refractivity contribution in [3.8, 4) is 5.75 Å². The summed E-state index contributed by atoms with van der Waals surface area (Å²) in [6.45, 7) is -0.295. The lowest BCUT2D eigenvalue weighted by Crippen LogP contribution is -2.11. The van der Waals surface area contributed by atoms with Gasteiger partial charge in [-0.15, -0.1) is 0 Å². The average molecular weight is 442 g/mol. The molecule has 0 unspecified atom stereocenters. The minimum absolute atomic E-state index is 0.114. The van der Waals surface area contributed by atoms with Gasteiger partial charge in [-0.3, -0.25) is 0 Å². The minimum atomic E-state index is -4.63. The number of ether oxygens (including phenoxy) is 1. The first-order valence-corrected chi connectivity index (χ1v) is 8.05. The highest BCUT2D eigenvalue weighted by Gasteiger charge is 2.33. The van der Waals surface area contributed by atoms with E-state index in [4.69, 9.17) is 4.74 Å². The first-order valence-electron chi connectivity index (χ1n) is 6.14. The molecule has 22 heavy (non-hydrogen) atoms. The van der Waals surface area contributed by atoms with Crippen LogP contribution in [0.15, 0.2) is 40.9 Å². The van der Waals surface area contributed by atoms with E-state index in [0.717, 1.165) is 22.2 Å². The van der Waals surface area contributed by atoms with E-state index in [2.05, 4.69) is 31.9 Å². The average Bonchev–Trinajstić information content (AvgIpc) is 2.45. The van der Waals surface area contributed by atoms with Gasteiger partial charge >= 0.3 is 6.18 Å². The van der Waals surface area contributed by atoms with Crippen LogP contribution in [0.4, 0.5) is 17.6 Å². The summed E-state index contributed by atoms with van der Waals surface area (Å²) in [5.41, 5.74) is -0.340. The molecule has 0 atom stereocenters. The van der Waals surface area contributed by atoms with Crippen LogP contribution in [0.1, 0.15) is 16.7 Å². The first kappa shape index (κ1) is 17.3. The highest BCUT2D eigenvalue weighted by molar-refractivity contribution is 9.10. The third-order valence-corrected chi connectivity index (χ3v) is 4.02. The van der Waals surface area contributed by atoms with E-state index in [9.17, 15) is 17.6 Å². The fraction of sp³-hybridized carbons (Fsp3) is 0.200. The van der Waals surface area contributed by atoms with Gasteiger partial charge in [-0.1, -0.05) is 37.9 Å². The molecule has 0 heterocycles. The molecular formula is C15H10Br2F4O. The Kier molecular flexibility index (Phi) is 5.50. The molecule has 0 radical (unpaired) electrons. The van der Waals surface area contributed by atoms with Crippen LogP contribution in [0, 0.1) is 5.82 Å². The lowest BCUT2D eigenvalue weighted by molar-refractivity contribution is -0.138. The van der Waals surface area contributed by atoms with E-state index in [1.54, 1.807) is 18.2 Å². The van der Waals surface area contributed by atoms with Gasteiger partial charge in [-0.2, -0.15) is 13.2 Å². The zero-order valence-electron chi connectivity index (χ0n) is 11.1. The fourth-order valence-electron chi connectivity index (χ4n) is 1.89. The highest BCUT2D eigenvalue weighted by Crippen LogP contribution is 2.33. The number of alkyl halides is 4. The Bertz CT molecular complexity index is 671. The van der Waals surface area contributed by atoms with Crippen molar-refractivity contribution in [3.05, 3.63) is 63.4 Å². The first-order chi connectivity index (χ1) is 10.3. The molecule has 7 heteroatoms.